The zero-order valence-electron chi connectivity index (χ0n) is 11.4. The first-order valence-electron chi connectivity index (χ1n) is 6.75. The molecule has 0 bridgehead atoms. The topological polar surface area (TPSA) is 41.6 Å². The normalized spacial score (nSPS) is 21.3. The summed E-state index contributed by atoms with van der Waals surface area (Å²) in [5, 5.41) is 3.23. The van der Waals surface area contributed by atoms with Crippen molar-refractivity contribution < 1.29 is 9.53 Å². The van der Waals surface area contributed by atoms with E-state index in [4.69, 9.17) is 4.74 Å². The Labute approximate surface area is 105 Å². The number of rotatable bonds is 7. The van der Waals surface area contributed by atoms with Gasteiger partial charge in [-0.15, -0.1) is 0 Å². The molecule has 1 amide bonds. The lowest BCUT2D eigenvalue weighted by Gasteiger charge is -2.32. The third kappa shape index (κ3) is 5.04. The average molecular weight is 242 g/mol. The molecule has 0 aromatic carbocycles. The van der Waals surface area contributed by atoms with Crippen LogP contribution in [0.5, 0.6) is 0 Å². The Morgan fingerprint density at radius 3 is 2.88 bits per heavy atom. The second-order valence-electron chi connectivity index (χ2n) is 5.04. The second-order valence-corrected chi connectivity index (χ2v) is 5.04. The molecule has 1 atom stereocenters. The summed E-state index contributed by atoms with van der Waals surface area (Å²) < 4.78 is 5.55. The summed E-state index contributed by atoms with van der Waals surface area (Å²) in [4.78, 5) is 13.9. The van der Waals surface area contributed by atoms with Gasteiger partial charge < -0.3 is 15.0 Å². The molecule has 0 aromatic heterocycles. The maximum Gasteiger partial charge on any atom is 0.239 e. The van der Waals surface area contributed by atoms with E-state index < -0.39 is 0 Å². The number of hydrogen-bond donors (Lipinski definition) is 1. The van der Waals surface area contributed by atoms with Crippen LogP contribution in [0.25, 0.3) is 0 Å². The summed E-state index contributed by atoms with van der Waals surface area (Å²) in [6.45, 7) is 10.3. The quantitative estimate of drug-likeness (QED) is 0.683. The fraction of sp³-hybridized carbons (Fsp3) is 0.923. The van der Waals surface area contributed by atoms with E-state index in [1.165, 1.54) is 0 Å². The monoisotopic (exact) mass is 242 g/mol. The Bertz CT molecular complexity index is 231. The Morgan fingerprint density at radius 1 is 1.47 bits per heavy atom. The van der Waals surface area contributed by atoms with Crippen molar-refractivity contribution >= 4 is 5.91 Å². The first kappa shape index (κ1) is 14.5. The van der Waals surface area contributed by atoms with Gasteiger partial charge in [0.25, 0.3) is 0 Å². The highest BCUT2D eigenvalue weighted by atomic mass is 16.5. The molecule has 0 spiro atoms. The van der Waals surface area contributed by atoms with Gasteiger partial charge in [0.15, 0.2) is 0 Å². The molecule has 0 aliphatic carbocycles. The zero-order chi connectivity index (χ0) is 12.7. The molecule has 1 N–H and O–H groups in total. The maximum atomic E-state index is 11.9. The second kappa shape index (κ2) is 7.67. The van der Waals surface area contributed by atoms with Crippen LogP contribution in [0.2, 0.25) is 0 Å². The molecule has 1 fully saturated rings. The molecule has 4 heteroatoms. The van der Waals surface area contributed by atoms with Gasteiger partial charge >= 0.3 is 0 Å². The summed E-state index contributed by atoms with van der Waals surface area (Å²) >= 11 is 0. The van der Waals surface area contributed by atoms with Crippen LogP contribution in [0.15, 0.2) is 0 Å². The van der Waals surface area contributed by atoms with E-state index >= 15 is 0 Å². The molecule has 1 saturated heterocycles. The van der Waals surface area contributed by atoms with Crippen LogP contribution >= 0.6 is 0 Å². The van der Waals surface area contributed by atoms with E-state index in [1.54, 1.807) is 0 Å². The zero-order valence-corrected chi connectivity index (χ0v) is 11.4. The summed E-state index contributed by atoms with van der Waals surface area (Å²) in [6, 6.07) is 0.0133. The molecule has 0 radical (unpaired) electrons. The van der Waals surface area contributed by atoms with Crippen molar-refractivity contribution in [1.82, 2.24) is 10.2 Å². The van der Waals surface area contributed by atoms with E-state index in [1.807, 2.05) is 11.8 Å². The molecule has 4 nitrogen and oxygen atoms in total. The highest BCUT2D eigenvalue weighted by molar-refractivity contribution is 5.82. The van der Waals surface area contributed by atoms with Gasteiger partial charge in [0.05, 0.1) is 12.6 Å². The minimum atomic E-state index is 0.0133. The molecule has 0 aromatic rings. The van der Waals surface area contributed by atoms with Crippen molar-refractivity contribution in [3.63, 3.8) is 0 Å². The van der Waals surface area contributed by atoms with Gasteiger partial charge in [0.2, 0.25) is 5.91 Å². The molecule has 17 heavy (non-hydrogen) atoms. The van der Waals surface area contributed by atoms with Crippen LogP contribution in [-0.4, -0.2) is 49.7 Å². The van der Waals surface area contributed by atoms with E-state index in [0.29, 0.717) is 12.5 Å². The third-order valence-corrected chi connectivity index (χ3v) is 3.14. The first-order valence-corrected chi connectivity index (χ1v) is 6.75. The van der Waals surface area contributed by atoms with Crippen molar-refractivity contribution in [2.75, 3.05) is 32.8 Å². The number of hydrogen-bond acceptors (Lipinski definition) is 3. The Hall–Kier alpha value is -0.610. The SMILES string of the molecule is CCC1NCCN(CCOCCC(C)C)C1=O. The molecular formula is C13H26N2O2. The number of ether oxygens (including phenoxy) is 1. The van der Waals surface area contributed by atoms with E-state index in [0.717, 1.165) is 39.1 Å². The Morgan fingerprint density at radius 2 is 2.24 bits per heavy atom. The summed E-state index contributed by atoms with van der Waals surface area (Å²) in [5.74, 6) is 0.909. The number of piperazine rings is 1. The smallest absolute Gasteiger partial charge is 0.239 e. The van der Waals surface area contributed by atoms with Crippen molar-refractivity contribution in [3.05, 3.63) is 0 Å². The van der Waals surface area contributed by atoms with Crippen molar-refractivity contribution in [1.29, 1.82) is 0 Å². The van der Waals surface area contributed by atoms with Crippen molar-refractivity contribution in [3.8, 4) is 0 Å². The summed E-state index contributed by atoms with van der Waals surface area (Å²) in [6.07, 6.45) is 1.95. The van der Waals surface area contributed by atoms with Gasteiger partial charge in [-0.25, -0.2) is 0 Å². The van der Waals surface area contributed by atoms with Gasteiger partial charge in [-0.1, -0.05) is 20.8 Å². The molecule has 1 aliphatic heterocycles. The van der Waals surface area contributed by atoms with Crippen LogP contribution < -0.4 is 5.32 Å². The van der Waals surface area contributed by atoms with Crippen molar-refractivity contribution in [2.24, 2.45) is 5.92 Å². The molecule has 1 heterocycles. The largest absolute Gasteiger partial charge is 0.380 e. The Balaban J connectivity index is 2.15. The van der Waals surface area contributed by atoms with Gasteiger partial charge in [0, 0.05) is 26.2 Å². The van der Waals surface area contributed by atoms with Crippen LogP contribution in [0, 0.1) is 5.92 Å². The molecule has 1 rings (SSSR count). The number of carbonyl (C=O) groups excluding carboxylic acids is 1. The van der Waals surface area contributed by atoms with Crippen LogP contribution in [0.1, 0.15) is 33.6 Å². The van der Waals surface area contributed by atoms with E-state index in [9.17, 15) is 4.79 Å². The van der Waals surface area contributed by atoms with Crippen molar-refractivity contribution in [2.45, 2.75) is 39.7 Å². The summed E-state index contributed by atoms with van der Waals surface area (Å²) in [7, 11) is 0. The highest BCUT2D eigenvalue weighted by Crippen LogP contribution is 2.04. The highest BCUT2D eigenvalue weighted by Gasteiger charge is 2.26. The number of amides is 1. The fourth-order valence-electron chi connectivity index (χ4n) is 1.93. The predicted octanol–water partition coefficient (Wildman–Crippen LogP) is 1.26. The molecule has 0 saturated carbocycles. The number of nitrogens with zero attached hydrogens (tertiary/aromatic N) is 1. The Kier molecular flexibility index (Phi) is 6.52. The van der Waals surface area contributed by atoms with Crippen LogP contribution in [0.3, 0.4) is 0 Å². The lowest BCUT2D eigenvalue weighted by molar-refractivity contribution is -0.136. The minimum Gasteiger partial charge on any atom is -0.380 e. The van der Waals surface area contributed by atoms with Gasteiger partial charge in [-0.05, 0) is 18.8 Å². The molecule has 1 aliphatic rings. The van der Waals surface area contributed by atoms with Crippen LogP contribution in [-0.2, 0) is 9.53 Å². The van der Waals surface area contributed by atoms with E-state index in [-0.39, 0.29) is 11.9 Å². The van der Waals surface area contributed by atoms with Gasteiger partial charge in [0.1, 0.15) is 0 Å². The molecule has 1 unspecified atom stereocenters. The fourth-order valence-corrected chi connectivity index (χ4v) is 1.93. The molecule has 100 valence electrons. The van der Waals surface area contributed by atoms with E-state index in [2.05, 4.69) is 19.2 Å². The predicted molar refractivity (Wildman–Crippen MR) is 68.9 cm³/mol. The summed E-state index contributed by atoms with van der Waals surface area (Å²) in [5.41, 5.74) is 0. The average Bonchev–Trinajstić information content (AvgIpc) is 2.30. The van der Waals surface area contributed by atoms with Crippen LogP contribution in [0.4, 0.5) is 0 Å². The van der Waals surface area contributed by atoms with Gasteiger partial charge in [-0.3, -0.25) is 4.79 Å². The number of carbonyl (C=O) groups is 1. The maximum absolute atomic E-state index is 11.9. The third-order valence-electron chi connectivity index (χ3n) is 3.14. The first-order chi connectivity index (χ1) is 8.15. The van der Waals surface area contributed by atoms with Gasteiger partial charge in [-0.2, -0.15) is 0 Å². The standard InChI is InChI=1S/C13H26N2O2/c1-4-12-13(16)15(7-6-14-12)8-10-17-9-5-11(2)3/h11-12,14H,4-10H2,1-3H3. The minimum absolute atomic E-state index is 0.0133. The lowest BCUT2D eigenvalue weighted by Crippen LogP contribution is -2.55. The number of nitrogens with one attached hydrogen (secondary N) is 1. The molecular weight excluding hydrogens is 216 g/mol. The lowest BCUT2D eigenvalue weighted by atomic mass is 10.1.